The zero-order valence-electron chi connectivity index (χ0n) is 12.4. The van der Waals surface area contributed by atoms with Gasteiger partial charge in [-0.15, -0.1) is 0 Å². The molecule has 1 aliphatic carbocycles. The largest absolute Gasteiger partial charge is 0.409 e. The molecular weight excluding hydrogens is 266 g/mol. The van der Waals surface area contributed by atoms with Crippen molar-refractivity contribution in [3.05, 3.63) is 29.3 Å². The highest BCUT2D eigenvalue weighted by atomic mass is 16.4. The van der Waals surface area contributed by atoms with Crippen molar-refractivity contribution >= 4 is 17.4 Å². The minimum Gasteiger partial charge on any atom is -0.409 e. The van der Waals surface area contributed by atoms with Crippen LogP contribution in [0.15, 0.2) is 23.4 Å². The molecule has 0 heterocycles. The minimum atomic E-state index is 0.0178. The Labute approximate surface area is 125 Å². The summed E-state index contributed by atoms with van der Waals surface area (Å²) >= 11 is 0. The van der Waals surface area contributed by atoms with Gasteiger partial charge >= 0.3 is 0 Å². The average molecular weight is 289 g/mol. The number of nitrogens with one attached hydrogen (secondary N) is 1. The summed E-state index contributed by atoms with van der Waals surface area (Å²) in [5.74, 6) is 0.118. The lowest BCUT2D eigenvalue weighted by atomic mass is 9.98. The number of carbonyl (C=O) groups excluding carboxylic acids is 1. The van der Waals surface area contributed by atoms with Crippen LogP contribution in [0.2, 0.25) is 0 Å². The summed E-state index contributed by atoms with van der Waals surface area (Å²) in [6.45, 7) is 1.87. The first-order chi connectivity index (χ1) is 10.1. The van der Waals surface area contributed by atoms with E-state index in [4.69, 9.17) is 10.9 Å². The number of aryl methyl sites for hydroxylation is 1. The summed E-state index contributed by atoms with van der Waals surface area (Å²) in [7, 11) is 0. The van der Waals surface area contributed by atoms with E-state index in [-0.39, 0.29) is 17.7 Å². The van der Waals surface area contributed by atoms with Crippen molar-refractivity contribution in [2.24, 2.45) is 16.8 Å². The third-order valence-corrected chi connectivity index (χ3v) is 4.12. The fourth-order valence-electron chi connectivity index (χ4n) is 2.94. The topological polar surface area (TPSA) is 87.7 Å². The molecule has 0 atom stereocenters. The summed E-state index contributed by atoms with van der Waals surface area (Å²) in [4.78, 5) is 12.4. The lowest BCUT2D eigenvalue weighted by molar-refractivity contribution is -0.120. The van der Waals surface area contributed by atoms with E-state index in [1.807, 2.05) is 19.1 Å². The molecule has 1 fully saturated rings. The fourth-order valence-corrected chi connectivity index (χ4v) is 2.94. The predicted octanol–water partition coefficient (Wildman–Crippen LogP) is 3.00. The normalized spacial score (nSPS) is 17.3. The predicted molar refractivity (Wildman–Crippen MR) is 83.5 cm³/mol. The van der Waals surface area contributed by atoms with Crippen molar-refractivity contribution in [1.82, 2.24) is 0 Å². The maximum atomic E-state index is 12.4. The maximum Gasteiger partial charge on any atom is 0.227 e. The van der Waals surface area contributed by atoms with Crippen molar-refractivity contribution in [1.29, 1.82) is 0 Å². The van der Waals surface area contributed by atoms with Crippen LogP contribution >= 0.6 is 0 Å². The number of nitrogens with zero attached hydrogens (tertiary/aromatic N) is 1. The van der Waals surface area contributed by atoms with Gasteiger partial charge in [0.05, 0.1) is 5.69 Å². The van der Waals surface area contributed by atoms with Crippen molar-refractivity contribution in [2.45, 2.75) is 45.4 Å². The molecule has 114 valence electrons. The third kappa shape index (κ3) is 3.74. The number of benzene rings is 1. The molecule has 1 saturated carbocycles. The number of oxime groups is 1. The van der Waals surface area contributed by atoms with Gasteiger partial charge in [-0.05, 0) is 31.4 Å². The summed E-state index contributed by atoms with van der Waals surface area (Å²) in [6, 6.07) is 5.51. The molecule has 0 saturated heterocycles. The number of hydrogen-bond donors (Lipinski definition) is 3. The first-order valence-electron chi connectivity index (χ1n) is 7.52. The second-order valence-corrected chi connectivity index (χ2v) is 5.66. The van der Waals surface area contributed by atoms with E-state index < -0.39 is 0 Å². The number of rotatable bonds is 3. The van der Waals surface area contributed by atoms with Gasteiger partial charge in [0.25, 0.3) is 0 Å². The number of anilines is 1. The summed E-state index contributed by atoms with van der Waals surface area (Å²) < 4.78 is 0. The molecule has 5 heteroatoms. The Balaban J connectivity index is 2.19. The van der Waals surface area contributed by atoms with E-state index in [2.05, 4.69) is 10.5 Å². The van der Waals surface area contributed by atoms with Crippen molar-refractivity contribution in [3.8, 4) is 0 Å². The standard InChI is InChI=1S/C16H23N3O2/c1-11-7-6-10-13(14(11)15(17)19-21)18-16(20)12-8-4-2-3-5-9-12/h6-7,10,12,21H,2-5,8-9H2,1H3,(H2,17,19)(H,18,20). The van der Waals surface area contributed by atoms with Gasteiger partial charge in [-0.3, -0.25) is 4.79 Å². The minimum absolute atomic E-state index is 0.0178. The Morgan fingerprint density at radius 1 is 1.29 bits per heavy atom. The first-order valence-corrected chi connectivity index (χ1v) is 7.52. The van der Waals surface area contributed by atoms with E-state index in [0.717, 1.165) is 31.2 Å². The lowest BCUT2D eigenvalue weighted by Crippen LogP contribution is -2.25. The molecule has 2 rings (SSSR count). The van der Waals surface area contributed by atoms with E-state index >= 15 is 0 Å². The monoisotopic (exact) mass is 289 g/mol. The van der Waals surface area contributed by atoms with Crippen LogP contribution in [0, 0.1) is 12.8 Å². The number of carbonyl (C=O) groups is 1. The Hall–Kier alpha value is -2.04. The van der Waals surface area contributed by atoms with E-state index in [1.54, 1.807) is 6.07 Å². The SMILES string of the molecule is Cc1cccc(NC(=O)C2CCCCCC2)c1/C(N)=N/O. The maximum absolute atomic E-state index is 12.4. The molecule has 21 heavy (non-hydrogen) atoms. The molecular formula is C16H23N3O2. The molecule has 0 bridgehead atoms. The third-order valence-electron chi connectivity index (χ3n) is 4.12. The van der Waals surface area contributed by atoms with Gasteiger partial charge in [-0.1, -0.05) is 43.0 Å². The molecule has 0 aromatic heterocycles. The van der Waals surface area contributed by atoms with Gasteiger partial charge in [-0.25, -0.2) is 0 Å². The van der Waals surface area contributed by atoms with E-state index in [9.17, 15) is 4.79 Å². The number of hydrogen-bond acceptors (Lipinski definition) is 3. The van der Waals surface area contributed by atoms with Crippen LogP contribution in [-0.4, -0.2) is 17.0 Å². The first kappa shape index (κ1) is 15.4. The molecule has 4 N–H and O–H groups in total. The second kappa shape index (κ2) is 7.11. The second-order valence-electron chi connectivity index (χ2n) is 5.66. The van der Waals surface area contributed by atoms with Crippen LogP contribution < -0.4 is 11.1 Å². The summed E-state index contributed by atoms with van der Waals surface area (Å²) in [5, 5.41) is 14.9. The quantitative estimate of drug-likeness (QED) is 0.263. The summed E-state index contributed by atoms with van der Waals surface area (Å²) in [5.41, 5.74) is 7.78. The fraction of sp³-hybridized carbons (Fsp3) is 0.500. The Morgan fingerprint density at radius 2 is 1.95 bits per heavy atom. The van der Waals surface area contributed by atoms with Crippen LogP contribution in [0.25, 0.3) is 0 Å². The van der Waals surface area contributed by atoms with Crippen LogP contribution in [0.3, 0.4) is 0 Å². The van der Waals surface area contributed by atoms with E-state index in [0.29, 0.717) is 11.3 Å². The van der Waals surface area contributed by atoms with Gasteiger partial charge in [0.1, 0.15) is 0 Å². The number of amides is 1. The highest BCUT2D eigenvalue weighted by molar-refractivity contribution is 6.06. The smallest absolute Gasteiger partial charge is 0.227 e. The van der Waals surface area contributed by atoms with Crippen LogP contribution in [0.1, 0.15) is 49.7 Å². The molecule has 0 aliphatic heterocycles. The molecule has 1 amide bonds. The molecule has 0 spiro atoms. The van der Waals surface area contributed by atoms with Gasteiger partial charge in [0.2, 0.25) is 5.91 Å². The number of amidine groups is 1. The highest BCUT2D eigenvalue weighted by Gasteiger charge is 2.21. The van der Waals surface area contributed by atoms with Crippen molar-refractivity contribution < 1.29 is 10.0 Å². The highest BCUT2D eigenvalue weighted by Crippen LogP contribution is 2.26. The van der Waals surface area contributed by atoms with Crippen molar-refractivity contribution in [2.75, 3.05) is 5.32 Å². The van der Waals surface area contributed by atoms with Gasteiger partial charge < -0.3 is 16.3 Å². The zero-order chi connectivity index (χ0) is 15.2. The summed E-state index contributed by atoms with van der Waals surface area (Å²) in [6.07, 6.45) is 6.53. The molecule has 1 aliphatic rings. The van der Waals surface area contributed by atoms with E-state index in [1.165, 1.54) is 12.8 Å². The lowest BCUT2D eigenvalue weighted by Gasteiger charge is -2.17. The molecule has 5 nitrogen and oxygen atoms in total. The Morgan fingerprint density at radius 3 is 2.57 bits per heavy atom. The van der Waals surface area contributed by atoms with Crippen LogP contribution in [0.5, 0.6) is 0 Å². The average Bonchev–Trinajstić information content (AvgIpc) is 2.76. The zero-order valence-corrected chi connectivity index (χ0v) is 12.4. The van der Waals surface area contributed by atoms with Crippen LogP contribution in [-0.2, 0) is 4.79 Å². The van der Waals surface area contributed by atoms with Crippen molar-refractivity contribution in [3.63, 3.8) is 0 Å². The Kier molecular flexibility index (Phi) is 5.20. The molecule has 1 aromatic carbocycles. The number of nitrogens with two attached hydrogens (primary N) is 1. The molecule has 1 aromatic rings. The molecule has 0 radical (unpaired) electrons. The van der Waals surface area contributed by atoms with Gasteiger partial charge in [0, 0.05) is 11.5 Å². The Bertz CT molecular complexity index is 532. The van der Waals surface area contributed by atoms with Gasteiger partial charge in [-0.2, -0.15) is 0 Å². The van der Waals surface area contributed by atoms with Gasteiger partial charge in [0.15, 0.2) is 5.84 Å². The molecule has 0 unspecified atom stereocenters. The van der Waals surface area contributed by atoms with Crippen LogP contribution in [0.4, 0.5) is 5.69 Å².